The fraction of sp³-hybridized carbons (Fsp3) is 0.190. The normalized spacial score (nSPS) is 11.0. The van der Waals surface area contributed by atoms with Gasteiger partial charge < -0.3 is 14.5 Å². The SMILES string of the molecule is Cn1cnc2c1c(=O)n(CC(=O)Nc1ccc(Cn3ccccc3=O)cc1)c(=O)n2C. The summed E-state index contributed by atoms with van der Waals surface area (Å²) in [5.74, 6) is -0.507. The van der Waals surface area contributed by atoms with Crippen LogP contribution in [0.5, 0.6) is 0 Å². The van der Waals surface area contributed by atoms with Gasteiger partial charge in [-0.05, 0) is 23.8 Å². The smallest absolute Gasteiger partial charge is 0.328 e. The minimum atomic E-state index is -0.616. The number of carbonyl (C=O) groups is 1. The molecule has 0 saturated carbocycles. The molecule has 158 valence electrons. The summed E-state index contributed by atoms with van der Waals surface area (Å²) in [6.07, 6.45) is 3.15. The largest absolute Gasteiger partial charge is 0.332 e. The first kappa shape index (κ1) is 20.1. The van der Waals surface area contributed by atoms with Gasteiger partial charge in [-0.15, -0.1) is 0 Å². The highest BCUT2D eigenvalue weighted by Crippen LogP contribution is 2.10. The van der Waals surface area contributed by atoms with E-state index >= 15 is 0 Å². The maximum atomic E-state index is 12.7. The van der Waals surface area contributed by atoms with Gasteiger partial charge in [0.15, 0.2) is 11.2 Å². The Balaban J connectivity index is 1.51. The topological polar surface area (TPSA) is 113 Å². The lowest BCUT2D eigenvalue weighted by atomic mass is 10.2. The van der Waals surface area contributed by atoms with Crippen LogP contribution in [0.15, 0.2) is 69.4 Å². The average Bonchev–Trinajstić information content (AvgIpc) is 3.14. The molecule has 1 N–H and O–H groups in total. The maximum Gasteiger partial charge on any atom is 0.332 e. The number of aryl methyl sites for hydroxylation is 2. The number of hydrogen-bond acceptors (Lipinski definition) is 5. The molecule has 1 amide bonds. The molecule has 1 aromatic carbocycles. The second-order valence-electron chi connectivity index (χ2n) is 7.17. The van der Waals surface area contributed by atoms with E-state index in [0.29, 0.717) is 12.2 Å². The Hall–Kier alpha value is -4.21. The number of rotatable bonds is 5. The van der Waals surface area contributed by atoms with Crippen molar-refractivity contribution in [2.75, 3.05) is 5.32 Å². The van der Waals surface area contributed by atoms with Crippen molar-refractivity contribution in [1.82, 2.24) is 23.3 Å². The predicted octanol–water partition coefficient (Wildman–Crippen LogP) is 0.282. The molecule has 0 aliphatic rings. The highest BCUT2D eigenvalue weighted by atomic mass is 16.2. The number of pyridine rings is 1. The number of carbonyl (C=O) groups excluding carboxylic acids is 1. The molecular formula is C21H20N6O4. The molecule has 4 rings (SSSR count). The van der Waals surface area contributed by atoms with Crippen molar-refractivity contribution in [2.45, 2.75) is 13.1 Å². The van der Waals surface area contributed by atoms with Gasteiger partial charge >= 0.3 is 5.69 Å². The third kappa shape index (κ3) is 3.82. The van der Waals surface area contributed by atoms with Crippen LogP contribution in [0.25, 0.3) is 11.2 Å². The standard InChI is InChI=1S/C21H20N6O4/c1-24-13-22-19-18(24)20(30)27(21(31)25(19)2)12-16(28)23-15-8-6-14(7-9-15)11-26-10-4-3-5-17(26)29/h3-10,13H,11-12H2,1-2H3,(H,23,28). The second-order valence-corrected chi connectivity index (χ2v) is 7.17. The van der Waals surface area contributed by atoms with Crippen molar-refractivity contribution in [1.29, 1.82) is 0 Å². The van der Waals surface area contributed by atoms with Crippen LogP contribution in [0, 0.1) is 0 Å². The van der Waals surface area contributed by atoms with Crippen LogP contribution < -0.4 is 22.1 Å². The number of imidazole rings is 1. The molecule has 0 spiro atoms. The molecule has 0 atom stereocenters. The molecule has 0 saturated heterocycles. The van der Waals surface area contributed by atoms with Gasteiger partial charge in [-0.1, -0.05) is 18.2 Å². The van der Waals surface area contributed by atoms with Crippen molar-refractivity contribution in [2.24, 2.45) is 14.1 Å². The molecule has 3 aromatic heterocycles. The van der Waals surface area contributed by atoms with Gasteiger partial charge in [0, 0.05) is 32.0 Å². The summed E-state index contributed by atoms with van der Waals surface area (Å²) in [7, 11) is 3.15. The van der Waals surface area contributed by atoms with Gasteiger partial charge in [-0.25, -0.2) is 14.3 Å². The first-order chi connectivity index (χ1) is 14.8. The minimum Gasteiger partial charge on any atom is -0.328 e. The monoisotopic (exact) mass is 420 g/mol. The zero-order valence-corrected chi connectivity index (χ0v) is 17.0. The second kappa shape index (κ2) is 7.90. The fourth-order valence-electron chi connectivity index (χ4n) is 3.36. The fourth-order valence-corrected chi connectivity index (χ4v) is 3.36. The Bertz CT molecular complexity index is 1460. The molecule has 31 heavy (non-hydrogen) atoms. The van der Waals surface area contributed by atoms with Crippen LogP contribution in [0.3, 0.4) is 0 Å². The zero-order valence-electron chi connectivity index (χ0n) is 17.0. The van der Waals surface area contributed by atoms with Crippen LogP contribution in [0.1, 0.15) is 5.56 Å². The van der Waals surface area contributed by atoms with E-state index in [0.717, 1.165) is 10.1 Å². The van der Waals surface area contributed by atoms with Crippen LogP contribution in [-0.4, -0.2) is 29.2 Å². The lowest BCUT2D eigenvalue weighted by molar-refractivity contribution is -0.116. The van der Waals surface area contributed by atoms with E-state index in [4.69, 9.17) is 0 Å². The average molecular weight is 420 g/mol. The molecule has 0 fully saturated rings. The number of benzene rings is 1. The van der Waals surface area contributed by atoms with Crippen LogP contribution in [0.4, 0.5) is 5.69 Å². The van der Waals surface area contributed by atoms with Crippen molar-refractivity contribution < 1.29 is 4.79 Å². The van der Waals surface area contributed by atoms with Gasteiger partial charge in [0.05, 0.1) is 12.9 Å². The first-order valence-corrected chi connectivity index (χ1v) is 9.50. The Morgan fingerprint density at radius 3 is 2.48 bits per heavy atom. The molecule has 0 radical (unpaired) electrons. The molecule has 0 unspecified atom stereocenters. The third-order valence-corrected chi connectivity index (χ3v) is 4.99. The van der Waals surface area contributed by atoms with Gasteiger partial charge in [0.25, 0.3) is 11.1 Å². The number of nitrogens with zero attached hydrogens (tertiary/aromatic N) is 5. The van der Waals surface area contributed by atoms with Crippen molar-refractivity contribution in [3.8, 4) is 0 Å². The summed E-state index contributed by atoms with van der Waals surface area (Å²) < 4.78 is 5.21. The lowest BCUT2D eigenvalue weighted by Gasteiger charge is -2.10. The summed E-state index contributed by atoms with van der Waals surface area (Å²) >= 11 is 0. The Morgan fingerprint density at radius 1 is 1.03 bits per heavy atom. The van der Waals surface area contributed by atoms with Gasteiger partial charge in [-0.2, -0.15) is 0 Å². The van der Waals surface area contributed by atoms with E-state index in [1.54, 1.807) is 54.2 Å². The van der Waals surface area contributed by atoms with E-state index < -0.39 is 23.7 Å². The molecule has 0 aliphatic heterocycles. The molecule has 0 aliphatic carbocycles. The zero-order chi connectivity index (χ0) is 22.1. The highest BCUT2D eigenvalue weighted by molar-refractivity contribution is 5.90. The van der Waals surface area contributed by atoms with Crippen molar-refractivity contribution >= 4 is 22.8 Å². The number of fused-ring (bicyclic) bond motifs is 1. The number of anilines is 1. The van der Waals surface area contributed by atoms with E-state index in [1.807, 2.05) is 0 Å². The molecule has 3 heterocycles. The quantitative estimate of drug-likeness (QED) is 0.498. The van der Waals surface area contributed by atoms with E-state index in [1.165, 1.54) is 28.6 Å². The molecule has 10 heteroatoms. The van der Waals surface area contributed by atoms with E-state index in [-0.39, 0.29) is 16.7 Å². The lowest BCUT2D eigenvalue weighted by Crippen LogP contribution is -2.42. The molecular weight excluding hydrogens is 400 g/mol. The van der Waals surface area contributed by atoms with Crippen LogP contribution in [-0.2, 0) is 32.0 Å². The molecule has 10 nitrogen and oxygen atoms in total. The van der Waals surface area contributed by atoms with Gasteiger partial charge in [0.1, 0.15) is 6.54 Å². The summed E-state index contributed by atoms with van der Waals surface area (Å²) in [5, 5.41) is 2.69. The van der Waals surface area contributed by atoms with Gasteiger partial charge in [0.2, 0.25) is 5.91 Å². The van der Waals surface area contributed by atoms with Gasteiger partial charge in [-0.3, -0.25) is 19.0 Å². The van der Waals surface area contributed by atoms with Crippen LogP contribution in [0.2, 0.25) is 0 Å². The summed E-state index contributed by atoms with van der Waals surface area (Å²) in [6, 6.07) is 11.9. The number of nitrogens with one attached hydrogen (secondary N) is 1. The Kier molecular flexibility index (Phi) is 5.12. The number of amides is 1. The summed E-state index contributed by atoms with van der Waals surface area (Å²) in [5.41, 5.74) is 0.626. The number of hydrogen-bond donors (Lipinski definition) is 1. The summed E-state index contributed by atoms with van der Waals surface area (Å²) in [6.45, 7) is -0.0160. The predicted molar refractivity (Wildman–Crippen MR) is 115 cm³/mol. The van der Waals surface area contributed by atoms with Crippen molar-refractivity contribution in [3.05, 3.63) is 91.7 Å². The maximum absolute atomic E-state index is 12.7. The molecule has 0 bridgehead atoms. The molecule has 4 aromatic rings. The Morgan fingerprint density at radius 2 is 1.77 bits per heavy atom. The summed E-state index contributed by atoms with van der Waals surface area (Å²) in [4.78, 5) is 53.6. The third-order valence-electron chi connectivity index (χ3n) is 4.99. The Labute approximate surface area is 175 Å². The highest BCUT2D eigenvalue weighted by Gasteiger charge is 2.17. The number of aromatic nitrogens is 5. The van der Waals surface area contributed by atoms with Crippen LogP contribution >= 0.6 is 0 Å². The minimum absolute atomic E-state index is 0.0997. The van der Waals surface area contributed by atoms with E-state index in [2.05, 4.69) is 10.3 Å². The first-order valence-electron chi connectivity index (χ1n) is 9.50. The van der Waals surface area contributed by atoms with Crippen molar-refractivity contribution in [3.63, 3.8) is 0 Å². The van der Waals surface area contributed by atoms with E-state index in [9.17, 15) is 19.2 Å².